The number of nitrogens with zero attached hydrogens (tertiary/aromatic N) is 1. The molecular formula is C15H22N2O2S. The lowest BCUT2D eigenvalue weighted by atomic mass is 9.78. The van der Waals surface area contributed by atoms with Crippen LogP contribution < -0.4 is 5.56 Å². The Morgan fingerprint density at radius 2 is 2.15 bits per heavy atom. The highest BCUT2D eigenvalue weighted by molar-refractivity contribution is 7.98. The average molecular weight is 294 g/mol. The van der Waals surface area contributed by atoms with E-state index in [2.05, 4.69) is 11.9 Å². The molecule has 2 aliphatic rings. The lowest BCUT2D eigenvalue weighted by Gasteiger charge is -2.38. The van der Waals surface area contributed by atoms with E-state index < -0.39 is 0 Å². The molecule has 5 heteroatoms. The third-order valence-corrected chi connectivity index (χ3v) is 5.49. The fourth-order valence-electron chi connectivity index (χ4n) is 3.23. The smallest absolute Gasteiger partial charge is 0.255 e. The van der Waals surface area contributed by atoms with Crippen LogP contribution >= 0.6 is 11.8 Å². The zero-order chi connectivity index (χ0) is 14.2. The summed E-state index contributed by atoms with van der Waals surface area (Å²) in [5, 5.41) is 0. The normalized spacial score (nSPS) is 29.4. The number of aromatic nitrogens is 2. The van der Waals surface area contributed by atoms with Crippen molar-refractivity contribution in [1.29, 1.82) is 0 Å². The van der Waals surface area contributed by atoms with Crippen LogP contribution in [0.25, 0.3) is 0 Å². The van der Waals surface area contributed by atoms with Crippen LogP contribution in [0.5, 0.6) is 0 Å². The molecule has 0 aromatic carbocycles. The Labute approximate surface area is 123 Å². The third-order valence-electron chi connectivity index (χ3n) is 4.52. The number of aromatic amines is 1. The Bertz CT molecular complexity index is 547. The van der Waals surface area contributed by atoms with Crippen molar-refractivity contribution >= 4 is 11.8 Å². The number of hydrogen-bond acceptors (Lipinski definition) is 4. The van der Waals surface area contributed by atoms with Crippen LogP contribution in [-0.4, -0.2) is 16.6 Å². The molecule has 2 heterocycles. The van der Waals surface area contributed by atoms with Crippen LogP contribution in [0.15, 0.2) is 4.79 Å². The summed E-state index contributed by atoms with van der Waals surface area (Å²) in [5.41, 5.74) is 1.48. The maximum Gasteiger partial charge on any atom is 0.255 e. The zero-order valence-electron chi connectivity index (χ0n) is 12.2. The Balaban J connectivity index is 2.00. The molecule has 0 amide bonds. The Morgan fingerprint density at radius 3 is 2.85 bits per heavy atom. The lowest BCUT2D eigenvalue weighted by molar-refractivity contribution is -0.0839. The van der Waals surface area contributed by atoms with Gasteiger partial charge in [0.2, 0.25) is 0 Å². The van der Waals surface area contributed by atoms with Gasteiger partial charge in [-0.3, -0.25) is 4.79 Å². The summed E-state index contributed by atoms with van der Waals surface area (Å²) in [6.07, 6.45) is 4.18. The van der Waals surface area contributed by atoms with Crippen molar-refractivity contribution in [1.82, 2.24) is 9.97 Å². The average Bonchev–Trinajstić information content (AvgIpc) is 2.91. The Kier molecular flexibility index (Phi) is 3.91. The zero-order valence-corrected chi connectivity index (χ0v) is 13.0. The van der Waals surface area contributed by atoms with Crippen LogP contribution in [0, 0.1) is 5.92 Å². The van der Waals surface area contributed by atoms with Gasteiger partial charge >= 0.3 is 0 Å². The summed E-state index contributed by atoms with van der Waals surface area (Å²) < 4.78 is 6.08. The number of thioether (sulfide) groups is 1. The van der Waals surface area contributed by atoms with Crippen molar-refractivity contribution < 1.29 is 4.74 Å². The van der Waals surface area contributed by atoms with E-state index in [1.54, 1.807) is 11.8 Å². The molecule has 1 aromatic rings. The molecule has 1 N–H and O–H groups in total. The predicted molar refractivity (Wildman–Crippen MR) is 80.8 cm³/mol. The maximum atomic E-state index is 12.2. The van der Waals surface area contributed by atoms with Gasteiger partial charge in [-0.15, -0.1) is 0 Å². The first-order valence-corrected chi connectivity index (χ1v) is 8.64. The van der Waals surface area contributed by atoms with Crippen LogP contribution in [0.2, 0.25) is 0 Å². The van der Waals surface area contributed by atoms with Gasteiger partial charge in [-0.2, -0.15) is 11.8 Å². The van der Waals surface area contributed by atoms with Crippen molar-refractivity contribution in [2.45, 2.75) is 56.6 Å². The molecule has 1 aromatic heterocycles. The Hall–Kier alpha value is -0.810. The molecule has 0 atom stereocenters. The molecule has 110 valence electrons. The van der Waals surface area contributed by atoms with Gasteiger partial charge in [0.25, 0.3) is 5.56 Å². The quantitative estimate of drug-likeness (QED) is 0.931. The second-order valence-electron chi connectivity index (χ2n) is 5.94. The largest absolute Gasteiger partial charge is 0.367 e. The van der Waals surface area contributed by atoms with Crippen molar-refractivity contribution in [3.63, 3.8) is 0 Å². The van der Waals surface area contributed by atoms with E-state index in [4.69, 9.17) is 9.72 Å². The first-order chi connectivity index (χ1) is 9.64. The van der Waals surface area contributed by atoms with E-state index in [9.17, 15) is 4.79 Å². The van der Waals surface area contributed by atoms with E-state index in [0.717, 1.165) is 60.2 Å². The van der Waals surface area contributed by atoms with Crippen LogP contribution in [0.3, 0.4) is 0 Å². The standard InChI is InChI=1S/C15H22N2O2S/c1-3-19-15(6-4-10(2)5-7-15)14-16-12-9-20-8-11(12)13(18)17-14/h10H,3-9H2,1-2H3,(H,16,17,18). The van der Waals surface area contributed by atoms with E-state index in [1.165, 1.54) is 0 Å². The van der Waals surface area contributed by atoms with Gasteiger partial charge in [-0.25, -0.2) is 4.98 Å². The molecule has 0 bridgehead atoms. The Morgan fingerprint density at radius 1 is 1.40 bits per heavy atom. The molecule has 0 spiro atoms. The van der Waals surface area contributed by atoms with E-state index in [0.29, 0.717) is 6.61 Å². The second-order valence-corrected chi connectivity index (χ2v) is 6.93. The molecule has 1 aliphatic heterocycles. The number of H-pyrrole nitrogens is 1. The van der Waals surface area contributed by atoms with E-state index in [1.807, 2.05) is 6.92 Å². The number of rotatable bonds is 3. The van der Waals surface area contributed by atoms with E-state index in [-0.39, 0.29) is 11.2 Å². The first kappa shape index (κ1) is 14.1. The molecule has 20 heavy (non-hydrogen) atoms. The molecular weight excluding hydrogens is 272 g/mol. The molecule has 0 saturated heterocycles. The topological polar surface area (TPSA) is 55.0 Å². The van der Waals surface area contributed by atoms with Crippen molar-refractivity contribution in [3.05, 3.63) is 27.4 Å². The summed E-state index contributed by atoms with van der Waals surface area (Å²) >= 11 is 1.76. The van der Waals surface area contributed by atoms with Crippen LogP contribution in [0.1, 0.15) is 56.6 Å². The summed E-state index contributed by atoms with van der Waals surface area (Å²) in [7, 11) is 0. The molecule has 1 saturated carbocycles. The van der Waals surface area contributed by atoms with Gasteiger partial charge in [0.1, 0.15) is 11.4 Å². The molecule has 0 unspecified atom stereocenters. The number of nitrogens with one attached hydrogen (secondary N) is 1. The molecule has 0 radical (unpaired) electrons. The number of fused-ring (bicyclic) bond motifs is 1. The fourth-order valence-corrected chi connectivity index (χ4v) is 4.27. The predicted octanol–water partition coefficient (Wildman–Crippen LogP) is 2.96. The summed E-state index contributed by atoms with van der Waals surface area (Å²) in [4.78, 5) is 20.0. The molecule has 3 rings (SSSR count). The number of hydrogen-bond donors (Lipinski definition) is 1. The highest BCUT2D eigenvalue weighted by Crippen LogP contribution is 2.41. The summed E-state index contributed by atoms with van der Waals surface area (Å²) in [6.45, 7) is 4.95. The van der Waals surface area contributed by atoms with Gasteiger partial charge in [-0.1, -0.05) is 6.92 Å². The lowest BCUT2D eigenvalue weighted by Crippen LogP contribution is -2.38. The summed E-state index contributed by atoms with van der Waals surface area (Å²) in [5.74, 6) is 3.14. The van der Waals surface area contributed by atoms with E-state index >= 15 is 0 Å². The highest BCUT2D eigenvalue weighted by atomic mass is 32.2. The minimum atomic E-state index is -0.372. The van der Waals surface area contributed by atoms with Crippen LogP contribution in [-0.2, 0) is 21.8 Å². The summed E-state index contributed by atoms with van der Waals surface area (Å²) in [6, 6.07) is 0. The van der Waals surface area contributed by atoms with Crippen molar-refractivity contribution in [2.24, 2.45) is 5.92 Å². The highest BCUT2D eigenvalue weighted by Gasteiger charge is 2.39. The SMILES string of the molecule is CCOC1(c2nc3c(c(=O)[nH]2)CSC3)CCC(C)CC1. The van der Waals surface area contributed by atoms with Gasteiger partial charge in [-0.05, 0) is 38.5 Å². The van der Waals surface area contributed by atoms with Gasteiger partial charge in [0.15, 0.2) is 0 Å². The fraction of sp³-hybridized carbons (Fsp3) is 0.733. The molecule has 1 aliphatic carbocycles. The molecule has 1 fully saturated rings. The van der Waals surface area contributed by atoms with Gasteiger partial charge in [0, 0.05) is 23.7 Å². The second kappa shape index (κ2) is 5.53. The molecule has 4 nitrogen and oxygen atoms in total. The maximum absolute atomic E-state index is 12.2. The minimum absolute atomic E-state index is 0.0349. The van der Waals surface area contributed by atoms with Gasteiger partial charge in [0.05, 0.1) is 5.69 Å². The first-order valence-electron chi connectivity index (χ1n) is 7.49. The number of ether oxygens (including phenoxy) is 1. The van der Waals surface area contributed by atoms with Crippen LogP contribution in [0.4, 0.5) is 0 Å². The van der Waals surface area contributed by atoms with Crippen molar-refractivity contribution in [2.75, 3.05) is 6.61 Å². The minimum Gasteiger partial charge on any atom is -0.367 e. The van der Waals surface area contributed by atoms with Gasteiger partial charge < -0.3 is 9.72 Å². The van der Waals surface area contributed by atoms with Crippen molar-refractivity contribution in [3.8, 4) is 0 Å². The monoisotopic (exact) mass is 294 g/mol. The third kappa shape index (κ3) is 2.42.